The number of aryl methyl sites for hydroxylation is 1. The van der Waals surface area contributed by atoms with Gasteiger partial charge < -0.3 is 0 Å². The van der Waals surface area contributed by atoms with Gasteiger partial charge in [0.15, 0.2) is 0 Å². The van der Waals surface area contributed by atoms with E-state index in [9.17, 15) is 0 Å². The lowest BCUT2D eigenvalue weighted by molar-refractivity contribution is 0.568. The Morgan fingerprint density at radius 1 is 0.328 bits per heavy atom. The normalized spacial score (nSPS) is 14.2. The molecule has 0 bridgehead atoms. The molecule has 0 N–H and O–H groups in total. The Balaban J connectivity index is 1.38. The van der Waals surface area contributed by atoms with Gasteiger partial charge in [0.2, 0.25) is 0 Å². The minimum Gasteiger partial charge on any atom is -0.0763 e. The third kappa shape index (κ3) is 5.60. The van der Waals surface area contributed by atoms with Crippen molar-refractivity contribution in [3.8, 4) is 22.3 Å². The molecular weight excluding hydrogens is 769 g/mol. The highest BCUT2D eigenvalue weighted by Crippen LogP contribution is 2.55. The monoisotopic (exact) mass is 828 g/mol. The van der Waals surface area contributed by atoms with E-state index in [1.165, 1.54) is 141 Å². The molecule has 0 heterocycles. The van der Waals surface area contributed by atoms with Gasteiger partial charge in [0.25, 0.3) is 0 Å². The molecule has 0 aliphatic heterocycles. The first-order valence-electron chi connectivity index (χ1n) is 23.8. The summed E-state index contributed by atoms with van der Waals surface area (Å²) in [6.45, 7) is 28.5. The van der Waals surface area contributed by atoms with E-state index in [1.54, 1.807) is 0 Å². The van der Waals surface area contributed by atoms with Gasteiger partial charge in [0, 0.05) is 0 Å². The van der Waals surface area contributed by atoms with Crippen LogP contribution >= 0.6 is 0 Å². The Morgan fingerprint density at radius 2 is 0.797 bits per heavy atom. The molecule has 316 valence electrons. The molecule has 0 saturated carbocycles. The molecule has 0 atom stereocenters. The van der Waals surface area contributed by atoms with E-state index >= 15 is 0 Å². The van der Waals surface area contributed by atoms with Crippen LogP contribution in [0.3, 0.4) is 0 Å². The average Bonchev–Trinajstić information content (AvgIpc) is 3.73. The molecular formula is C64H60. The Morgan fingerprint density at radius 3 is 1.30 bits per heavy atom. The third-order valence-electron chi connectivity index (χ3n) is 15.3. The highest BCUT2D eigenvalue weighted by atomic mass is 14.3. The molecule has 0 radical (unpaired) electrons. The summed E-state index contributed by atoms with van der Waals surface area (Å²) in [6, 6.07) is 46.6. The first kappa shape index (κ1) is 39.6. The fraction of sp³-hybridized carbons (Fsp3) is 0.281. The largest absolute Gasteiger partial charge is 0.0763 e. The molecule has 0 unspecified atom stereocenters. The molecule has 0 heteroatoms. The molecule has 11 aromatic rings. The Labute approximate surface area is 378 Å². The zero-order valence-corrected chi connectivity index (χ0v) is 40.0. The zero-order valence-electron chi connectivity index (χ0n) is 40.0. The molecule has 0 fully saturated rings. The molecule has 1 aliphatic rings. The molecule has 0 aromatic heterocycles. The second kappa shape index (κ2) is 12.8. The maximum Gasteiger partial charge on any atom is -0.000741 e. The van der Waals surface area contributed by atoms with Crippen LogP contribution in [0.4, 0.5) is 0 Å². The van der Waals surface area contributed by atoms with Gasteiger partial charge in [-0.1, -0.05) is 186 Å². The van der Waals surface area contributed by atoms with Gasteiger partial charge in [-0.2, -0.15) is 0 Å². The van der Waals surface area contributed by atoms with Gasteiger partial charge in [0.05, 0.1) is 0 Å². The second-order valence-corrected chi connectivity index (χ2v) is 23.7. The summed E-state index contributed by atoms with van der Waals surface area (Å²) in [5, 5.41) is 23.4. The lowest BCUT2D eigenvalue weighted by Crippen LogP contribution is -2.16. The van der Waals surface area contributed by atoms with Gasteiger partial charge in [-0.25, -0.2) is 0 Å². The van der Waals surface area contributed by atoms with Gasteiger partial charge in [-0.3, -0.25) is 0 Å². The highest BCUT2D eigenvalue weighted by Gasteiger charge is 2.30. The molecule has 0 saturated heterocycles. The number of benzene rings is 9. The van der Waals surface area contributed by atoms with Crippen molar-refractivity contribution in [1.29, 1.82) is 0 Å². The lowest BCUT2D eigenvalue weighted by Gasteiger charge is -2.28. The van der Waals surface area contributed by atoms with Crippen molar-refractivity contribution in [2.24, 2.45) is 0 Å². The van der Waals surface area contributed by atoms with Crippen LogP contribution < -0.4 is 5.22 Å². The molecule has 0 nitrogen and oxygen atoms in total. The topological polar surface area (TPSA) is 0 Å². The summed E-state index contributed by atoms with van der Waals surface area (Å²) in [6.07, 6.45) is 4.70. The van der Waals surface area contributed by atoms with Crippen molar-refractivity contribution >= 4 is 92.3 Å². The highest BCUT2D eigenvalue weighted by molar-refractivity contribution is 6.42. The standard InChI is InChI=1S/C64H60/c1-61(2,3)41-26-39(27-42(31-41)62(4,5)6)55-51-33-48-45-25-24-37-23-22-36-16-13-19-38-30-50(58(45)57(37)53(36)38)49(48)34-52(51)56(40-28-43(63(7,8)9)32-44(29-40)64(10,11)12)60-47-21-15-18-35-17-14-20-46(54(35)47)59(55)60/h14-15,17-34H,13,16H2,1-12H3. The van der Waals surface area contributed by atoms with Gasteiger partial charge in [-0.05, 0) is 194 Å². The van der Waals surface area contributed by atoms with Crippen molar-refractivity contribution in [2.75, 3.05) is 0 Å². The predicted molar refractivity (Wildman–Crippen MR) is 283 cm³/mol. The van der Waals surface area contributed by atoms with Crippen molar-refractivity contribution in [3.63, 3.8) is 0 Å². The first-order valence-corrected chi connectivity index (χ1v) is 23.8. The number of hydrogen-bond donors (Lipinski definition) is 0. The van der Waals surface area contributed by atoms with E-state index in [2.05, 4.69) is 204 Å². The van der Waals surface area contributed by atoms with Gasteiger partial charge in [-0.15, -0.1) is 0 Å². The predicted octanol–water partition coefficient (Wildman–Crippen LogP) is 17.8. The molecule has 0 amide bonds. The summed E-state index contributed by atoms with van der Waals surface area (Å²) >= 11 is 0. The van der Waals surface area contributed by atoms with Gasteiger partial charge in [0.1, 0.15) is 0 Å². The molecule has 0 spiro atoms. The van der Waals surface area contributed by atoms with E-state index in [1.807, 2.05) is 0 Å². The second-order valence-electron chi connectivity index (χ2n) is 23.7. The number of fused-ring (bicyclic) bond motifs is 7. The maximum atomic E-state index is 2.64. The Bertz CT molecular complexity index is 3770. The van der Waals surface area contributed by atoms with Crippen molar-refractivity contribution < 1.29 is 0 Å². The number of rotatable bonds is 2. The molecule has 64 heavy (non-hydrogen) atoms. The summed E-state index contributed by atoms with van der Waals surface area (Å²) < 4.78 is 0. The molecule has 11 aromatic carbocycles. The summed E-state index contributed by atoms with van der Waals surface area (Å²) in [5.41, 5.74) is 12.2. The van der Waals surface area contributed by atoms with E-state index in [0.29, 0.717) is 0 Å². The first-order chi connectivity index (χ1) is 30.3. The zero-order chi connectivity index (χ0) is 44.6. The van der Waals surface area contributed by atoms with E-state index in [0.717, 1.165) is 12.8 Å². The van der Waals surface area contributed by atoms with E-state index in [-0.39, 0.29) is 21.7 Å². The fourth-order valence-corrected chi connectivity index (χ4v) is 11.7. The van der Waals surface area contributed by atoms with Crippen LogP contribution in [0.25, 0.3) is 115 Å². The van der Waals surface area contributed by atoms with Crippen molar-refractivity contribution in [1.82, 2.24) is 0 Å². The Hall–Kier alpha value is -5.98. The minimum atomic E-state index is -0.0320. The summed E-state index contributed by atoms with van der Waals surface area (Å²) in [5.74, 6) is 0. The molecule has 12 rings (SSSR count). The SMILES string of the molecule is CC(C)(C)c1cc(-c2c3cc4c(cc3c(-c3cc(C(C)(C)C)cc(C(C)(C)C)c3)c3c5cccc6cccc(c23)c65)c2cc3c5c(ccc6ccc4c2c65)CCC=3)cc(C(C)(C)C)c1. The quantitative estimate of drug-likeness (QED) is 0.163. The summed E-state index contributed by atoms with van der Waals surface area (Å²) in [4.78, 5) is 0. The van der Waals surface area contributed by atoms with Crippen LogP contribution in [-0.2, 0) is 28.1 Å². The van der Waals surface area contributed by atoms with Crippen LogP contribution in [0, 0.1) is 0 Å². The average molecular weight is 829 g/mol. The minimum absolute atomic E-state index is 0.0314. The Kier molecular flexibility index (Phi) is 7.95. The van der Waals surface area contributed by atoms with Crippen LogP contribution in [0.2, 0.25) is 0 Å². The van der Waals surface area contributed by atoms with E-state index < -0.39 is 0 Å². The maximum absolute atomic E-state index is 2.64. The summed E-state index contributed by atoms with van der Waals surface area (Å²) in [7, 11) is 0. The van der Waals surface area contributed by atoms with Crippen LogP contribution in [-0.4, -0.2) is 0 Å². The smallest absolute Gasteiger partial charge is 0.000741 e. The molecule has 1 aliphatic carbocycles. The van der Waals surface area contributed by atoms with Crippen molar-refractivity contribution in [3.05, 3.63) is 148 Å². The third-order valence-corrected chi connectivity index (χ3v) is 15.3. The number of hydrogen-bond acceptors (Lipinski definition) is 0. The van der Waals surface area contributed by atoms with Crippen LogP contribution in [0.15, 0.2) is 115 Å². The lowest BCUT2D eigenvalue weighted by atomic mass is 9.76. The fourth-order valence-electron chi connectivity index (χ4n) is 11.7. The van der Waals surface area contributed by atoms with Crippen LogP contribution in [0.1, 0.15) is 117 Å². The van der Waals surface area contributed by atoms with Gasteiger partial charge >= 0.3 is 0 Å². The van der Waals surface area contributed by atoms with Crippen LogP contribution in [0.5, 0.6) is 0 Å². The van der Waals surface area contributed by atoms with E-state index in [4.69, 9.17) is 0 Å². The van der Waals surface area contributed by atoms with Crippen molar-refractivity contribution in [2.45, 2.75) is 118 Å².